The summed E-state index contributed by atoms with van der Waals surface area (Å²) in [6.07, 6.45) is 3.82. The first-order valence-electron chi connectivity index (χ1n) is 7.41. The maximum Gasteiger partial charge on any atom is 0.306 e. The van der Waals surface area contributed by atoms with Gasteiger partial charge in [-0.2, -0.15) is 0 Å². The Morgan fingerprint density at radius 2 is 2.09 bits per heavy atom. The summed E-state index contributed by atoms with van der Waals surface area (Å²) in [5, 5.41) is 2.62. The van der Waals surface area contributed by atoms with Gasteiger partial charge in [-0.3, -0.25) is 9.59 Å². The van der Waals surface area contributed by atoms with E-state index in [1.165, 1.54) is 19.1 Å². The van der Waals surface area contributed by atoms with E-state index in [1.54, 1.807) is 0 Å². The van der Waals surface area contributed by atoms with Crippen molar-refractivity contribution in [1.29, 1.82) is 0 Å². The Labute approximate surface area is 134 Å². The van der Waals surface area contributed by atoms with E-state index in [0.29, 0.717) is 12.3 Å². The number of benzene rings is 1. The molecule has 1 atom stereocenters. The fraction of sp³-hybridized carbons (Fsp3) is 0.500. The molecule has 1 aliphatic carbocycles. The molecule has 0 unspecified atom stereocenters. The number of amides is 1. The molecule has 22 heavy (non-hydrogen) atoms. The molecule has 1 saturated carbocycles. The second-order valence-corrected chi connectivity index (χ2v) is 6.01. The standard InChI is InChI=1S/C16H19ClFNO3/c1-10(22-15(20)8-11-4-2-3-5-11)16(21)19-14-7-6-12(18)9-13(14)17/h6-7,9-11H,2-5,8H2,1H3,(H,19,21)/t10-/m1/s1. The van der Waals surface area contributed by atoms with E-state index >= 15 is 0 Å². The van der Waals surface area contributed by atoms with Crippen molar-refractivity contribution >= 4 is 29.2 Å². The number of anilines is 1. The van der Waals surface area contributed by atoms with Gasteiger partial charge < -0.3 is 10.1 Å². The molecule has 0 aliphatic heterocycles. The van der Waals surface area contributed by atoms with Crippen molar-refractivity contribution in [3.05, 3.63) is 29.0 Å². The van der Waals surface area contributed by atoms with Crippen LogP contribution in [0.1, 0.15) is 39.0 Å². The molecular formula is C16H19ClFNO3. The molecular weight excluding hydrogens is 309 g/mol. The van der Waals surface area contributed by atoms with Crippen molar-refractivity contribution in [2.24, 2.45) is 5.92 Å². The Kier molecular flexibility index (Phi) is 5.77. The van der Waals surface area contributed by atoms with Gasteiger partial charge in [-0.1, -0.05) is 24.4 Å². The van der Waals surface area contributed by atoms with E-state index in [2.05, 4.69) is 5.32 Å². The van der Waals surface area contributed by atoms with Gasteiger partial charge in [0, 0.05) is 6.42 Å². The first kappa shape index (κ1) is 16.7. The summed E-state index contributed by atoms with van der Waals surface area (Å²) in [4.78, 5) is 23.8. The molecule has 1 fully saturated rings. The lowest BCUT2D eigenvalue weighted by molar-refractivity contribution is -0.154. The van der Waals surface area contributed by atoms with E-state index in [9.17, 15) is 14.0 Å². The molecule has 1 aromatic carbocycles. The Morgan fingerprint density at radius 1 is 1.41 bits per heavy atom. The summed E-state index contributed by atoms with van der Waals surface area (Å²) in [6.45, 7) is 1.50. The topological polar surface area (TPSA) is 55.4 Å². The van der Waals surface area contributed by atoms with Gasteiger partial charge in [0.25, 0.3) is 5.91 Å². The Hall–Kier alpha value is -1.62. The molecule has 0 aromatic heterocycles. The molecule has 0 bridgehead atoms. The normalized spacial score (nSPS) is 16.3. The molecule has 6 heteroatoms. The lowest BCUT2D eigenvalue weighted by atomic mass is 10.0. The van der Waals surface area contributed by atoms with Gasteiger partial charge >= 0.3 is 5.97 Å². The number of hydrogen-bond acceptors (Lipinski definition) is 3. The van der Waals surface area contributed by atoms with Gasteiger partial charge in [0.15, 0.2) is 6.10 Å². The Morgan fingerprint density at radius 3 is 2.73 bits per heavy atom. The van der Waals surface area contributed by atoms with Crippen LogP contribution in [-0.4, -0.2) is 18.0 Å². The maximum absolute atomic E-state index is 12.9. The van der Waals surface area contributed by atoms with Crippen LogP contribution in [0.15, 0.2) is 18.2 Å². The molecule has 2 rings (SSSR count). The average molecular weight is 328 g/mol. The van der Waals surface area contributed by atoms with Crippen molar-refractivity contribution in [1.82, 2.24) is 0 Å². The smallest absolute Gasteiger partial charge is 0.306 e. The summed E-state index contributed by atoms with van der Waals surface area (Å²) >= 11 is 5.83. The maximum atomic E-state index is 12.9. The number of rotatable bonds is 5. The zero-order chi connectivity index (χ0) is 16.1. The highest BCUT2D eigenvalue weighted by Gasteiger charge is 2.23. The molecule has 0 spiro atoms. The third-order valence-electron chi connectivity index (χ3n) is 3.80. The van der Waals surface area contributed by atoms with Crippen LogP contribution in [0.25, 0.3) is 0 Å². The number of carbonyl (C=O) groups excluding carboxylic acids is 2. The third kappa shape index (κ3) is 4.70. The van der Waals surface area contributed by atoms with Gasteiger partial charge in [-0.25, -0.2) is 4.39 Å². The van der Waals surface area contributed by atoms with Crippen LogP contribution in [0.3, 0.4) is 0 Å². The van der Waals surface area contributed by atoms with Crippen molar-refractivity contribution in [3.8, 4) is 0 Å². The summed E-state index contributed by atoms with van der Waals surface area (Å²) in [7, 11) is 0. The van der Waals surface area contributed by atoms with Gasteiger partial charge in [0.2, 0.25) is 0 Å². The van der Waals surface area contributed by atoms with E-state index in [4.69, 9.17) is 16.3 Å². The van der Waals surface area contributed by atoms with Crippen LogP contribution in [-0.2, 0) is 14.3 Å². The monoisotopic (exact) mass is 327 g/mol. The Bertz CT molecular complexity index is 558. The van der Waals surface area contributed by atoms with Crippen molar-refractivity contribution in [2.45, 2.75) is 45.1 Å². The van der Waals surface area contributed by atoms with Crippen LogP contribution < -0.4 is 5.32 Å². The zero-order valence-corrected chi connectivity index (χ0v) is 13.2. The number of hydrogen-bond donors (Lipinski definition) is 1. The van der Waals surface area contributed by atoms with Crippen LogP contribution in [0, 0.1) is 11.7 Å². The molecule has 0 heterocycles. The zero-order valence-electron chi connectivity index (χ0n) is 12.4. The van der Waals surface area contributed by atoms with Crippen molar-refractivity contribution < 1.29 is 18.7 Å². The number of halogens is 2. The highest BCUT2D eigenvalue weighted by atomic mass is 35.5. The van der Waals surface area contributed by atoms with Crippen LogP contribution in [0.4, 0.5) is 10.1 Å². The SMILES string of the molecule is C[C@@H](OC(=O)CC1CCCC1)C(=O)Nc1ccc(F)cc1Cl. The lowest BCUT2D eigenvalue weighted by Crippen LogP contribution is -2.30. The van der Waals surface area contributed by atoms with E-state index in [-0.39, 0.29) is 16.7 Å². The summed E-state index contributed by atoms with van der Waals surface area (Å²) in [5.74, 6) is -0.971. The second kappa shape index (κ2) is 7.58. The van der Waals surface area contributed by atoms with Gasteiger partial charge in [0.05, 0.1) is 10.7 Å². The number of esters is 1. The molecule has 1 aromatic rings. The highest BCUT2D eigenvalue weighted by molar-refractivity contribution is 6.33. The number of carbonyl (C=O) groups is 2. The average Bonchev–Trinajstić information content (AvgIpc) is 2.94. The van der Waals surface area contributed by atoms with Gasteiger partial charge in [-0.15, -0.1) is 0 Å². The lowest BCUT2D eigenvalue weighted by Gasteiger charge is -2.15. The molecule has 0 saturated heterocycles. The second-order valence-electron chi connectivity index (χ2n) is 5.60. The summed E-state index contributed by atoms with van der Waals surface area (Å²) < 4.78 is 18.1. The third-order valence-corrected chi connectivity index (χ3v) is 4.11. The Balaban J connectivity index is 1.84. The first-order chi connectivity index (χ1) is 10.5. The van der Waals surface area contributed by atoms with Gasteiger partial charge in [-0.05, 0) is 43.9 Å². The number of nitrogens with one attached hydrogen (secondary N) is 1. The summed E-state index contributed by atoms with van der Waals surface area (Å²) in [5.41, 5.74) is 0.284. The first-order valence-corrected chi connectivity index (χ1v) is 7.79. The minimum Gasteiger partial charge on any atom is -0.453 e. The van der Waals surface area contributed by atoms with Crippen molar-refractivity contribution in [2.75, 3.05) is 5.32 Å². The molecule has 120 valence electrons. The highest BCUT2D eigenvalue weighted by Crippen LogP contribution is 2.28. The largest absolute Gasteiger partial charge is 0.453 e. The minimum absolute atomic E-state index is 0.0952. The number of ether oxygens (including phenoxy) is 1. The summed E-state index contributed by atoms with van der Waals surface area (Å²) in [6, 6.07) is 3.66. The van der Waals surface area contributed by atoms with Gasteiger partial charge in [0.1, 0.15) is 5.82 Å². The molecule has 1 aliphatic rings. The fourth-order valence-corrected chi connectivity index (χ4v) is 2.79. The molecule has 0 radical (unpaired) electrons. The minimum atomic E-state index is -0.921. The molecule has 1 amide bonds. The predicted molar refractivity (Wildman–Crippen MR) is 82.2 cm³/mol. The quantitative estimate of drug-likeness (QED) is 0.834. The van der Waals surface area contributed by atoms with Crippen LogP contribution in [0.5, 0.6) is 0 Å². The van der Waals surface area contributed by atoms with E-state index < -0.39 is 17.8 Å². The van der Waals surface area contributed by atoms with Crippen LogP contribution in [0.2, 0.25) is 5.02 Å². The fourth-order valence-electron chi connectivity index (χ4n) is 2.57. The van der Waals surface area contributed by atoms with Crippen molar-refractivity contribution in [3.63, 3.8) is 0 Å². The van der Waals surface area contributed by atoms with Crippen LogP contribution >= 0.6 is 11.6 Å². The van der Waals surface area contributed by atoms with E-state index in [0.717, 1.165) is 31.7 Å². The predicted octanol–water partition coefficient (Wildman–Crippen LogP) is 3.93. The van der Waals surface area contributed by atoms with E-state index in [1.807, 2.05) is 0 Å². The molecule has 4 nitrogen and oxygen atoms in total. The molecule has 1 N–H and O–H groups in total.